The van der Waals surface area contributed by atoms with Crippen LogP contribution in [-0.4, -0.2) is 36.5 Å². The lowest BCUT2D eigenvalue weighted by molar-refractivity contribution is -0.121. The molecule has 1 aliphatic carbocycles. The molecule has 1 saturated carbocycles. The summed E-state index contributed by atoms with van der Waals surface area (Å²) in [4.78, 5) is 26.4. The maximum Gasteiger partial charge on any atom is 0.321 e. The predicted octanol–water partition coefficient (Wildman–Crippen LogP) is 4.55. The minimum Gasteiger partial charge on any atom is -0.356 e. The van der Waals surface area contributed by atoms with E-state index in [2.05, 4.69) is 10.6 Å². The molecule has 154 valence electrons. The van der Waals surface area contributed by atoms with Gasteiger partial charge in [0.1, 0.15) is 5.82 Å². The van der Waals surface area contributed by atoms with Gasteiger partial charge < -0.3 is 15.5 Å². The summed E-state index contributed by atoms with van der Waals surface area (Å²) in [6.07, 6.45) is 9.68. The van der Waals surface area contributed by atoms with Gasteiger partial charge >= 0.3 is 6.03 Å². The fourth-order valence-corrected chi connectivity index (χ4v) is 4.33. The summed E-state index contributed by atoms with van der Waals surface area (Å²) in [5.41, 5.74) is 0.467. The van der Waals surface area contributed by atoms with Crippen molar-refractivity contribution in [3.8, 4) is 0 Å². The Labute approximate surface area is 167 Å². The highest BCUT2D eigenvalue weighted by atomic mass is 19.1. The number of benzene rings is 1. The fraction of sp³-hybridized carbons (Fsp3) is 0.636. The average molecular weight is 390 g/mol. The Kier molecular flexibility index (Phi) is 7.69. The molecule has 1 aliphatic heterocycles. The van der Waals surface area contributed by atoms with E-state index in [4.69, 9.17) is 0 Å². The van der Waals surface area contributed by atoms with Crippen molar-refractivity contribution in [3.63, 3.8) is 0 Å². The number of urea groups is 1. The van der Waals surface area contributed by atoms with E-state index in [9.17, 15) is 14.0 Å². The molecule has 0 spiro atoms. The van der Waals surface area contributed by atoms with Gasteiger partial charge in [-0.25, -0.2) is 9.18 Å². The molecule has 3 amide bonds. The number of piperidine rings is 1. The minimum absolute atomic E-state index is 0.131. The third kappa shape index (κ3) is 6.50. The first-order valence-electron chi connectivity index (χ1n) is 10.7. The first kappa shape index (κ1) is 20.6. The van der Waals surface area contributed by atoms with E-state index >= 15 is 0 Å². The highest BCUT2D eigenvalue weighted by Gasteiger charge is 2.24. The Hall–Kier alpha value is -2.11. The molecule has 2 fully saturated rings. The minimum atomic E-state index is -0.367. The van der Waals surface area contributed by atoms with Crippen molar-refractivity contribution in [3.05, 3.63) is 30.1 Å². The third-order valence-electron chi connectivity index (χ3n) is 5.97. The van der Waals surface area contributed by atoms with Crippen LogP contribution in [0.5, 0.6) is 0 Å². The molecule has 0 bridgehead atoms. The van der Waals surface area contributed by atoms with Gasteiger partial charge in [-0.15, -0.1) is 0 Å². The summed E-state index contributed by atoms with van der Waals surface area (Å²) < 4.78 is 13.3. The number of nitrogens with one attached hydrogen (secondary N) is 2. The molecular formula is C22H32FN3O2. The lowest BCUT2D eigenvalue weighted by atomic mass is 9.89. The highest BCUT2D eigenvalue weighted by molar-refractivity contribution is 5.89. The molecule has 0 radical (unpaired) electrons. The number of carbonyl (C=O) groups is 2. The van der Waals surface area contributed by atoms with Crippen LogP contribution in [0.25, 0.3) is 0 Å². The predicted molar refractivity (Wildman–Crippen MR) is 109 cm³/mol. The van der Waals surface area contributed by atoms with Gasteiger partial charge in [0.25, 0.3) is 0 Å². The molecule has 0 unspecified atom stereocenters. The van der Waals surface area contributed by atoms with Crippen molar-refractivity contribution in [1.82, 2.24) is 10.2 Å². The molecule has 1 atom stereocenters. The number of carbonyl (C=O) groups excluding carboxylic acids is 2. The van der Waals surface area contributed by atoms with Crippen molar-refractivity contribution in [2.75, 3.05) is 25.0 Å². The second-order valence-electron chi connectivity index (χ2n) is 8.24. The van der Waals surface area contributed by atoms with Crippen LogP contribution < -0.4 is 10.6 Å². The second kappa shape index (κ2) is 10.4. The lowest BCUT2D eigenvalue weighted by Gasteiger charge is -2.32. The second-order valence-corrected chi connectivity index (χ2v) is 8.24. The van der Waals surface area contributed by atoms with Crippen LogP contribution in [0.15, 0.2) is 24.3 Å². The van der Waals surface area contributed by atoms with Crippen LogP contribution in [0.2, 0.25) is 0 Å². The zero-order valence-corrected chi connectivity index (χ0v) is 16.6. The van der Waals surface area contributed by atoms with Crippen LogP contribution >= 0.6 is 0 Å². The smallest absolute Gasteiger partial charge is 0.321 e. The van der Waals surface area contributed by atoms with Gasteiger partial charge in [-0.2, -0.15) is 0 Å². The Morgan fingerprint density at radius 3 is 2.64 bits per heavy atom. The SMILES string of the molecule is O=C(CC[C@H]1CCCN(C(=O)Nc2cccc(F)c2)C1)NCC1CCCCC1. The van der Waals surface area contributed by atoms with Crippen molar-refractivity contribution in [1.29, 1.82) is 0 Å². The number of likely N-dealkylation sites (tertiary alicyclic amines) is 1. The maximum absolute atomic E-state index is 13.3. The van der Waals surface area contributed by atoms with E-state index < -0.39 is 0 Å². The van der Waals surface area contributed by atoms with Crippen molar-refractivity contribution < 1.29 is 14.0 Å². The van der Waals surface area contributed by atoms with Gasteiger partial charge in [0.2, 0.25) is 5.91 Å². The third-order valence-corrected chi connectivity index (χ3v) is 5.97. The lowest BCUT2D eigenvalue weighted by Crippen LogP contribution is -2.42. The maximum atomic E-state index is 13.3. The van der Waals surface area contributed by atoms with Crippen LogP contribution in [0.1, 0.15) is 57.8 Å². The van der Waals surface area contributed by atoms with Crippen molar-refractivity contribution in [2.45, 2.75) is 57.8 Å². The topological polar surface area (TPSA) is 61.4 Å². The van der Waals surface area contributed by atoms with Crippen LogP contribution in [0, 0.1) is 17.7 Å². The first-order valence-corrected chi connectivity index (χ1v) is 10.7. The summed E-state index contributed by atoms with van der Waals surface area (Å²) in [6, 6.07) is 5.73. The molecule has 0 aromatic heterocycles. The summed E-state index contributed by atoms with van der Waals surface area (Å²) in [6.45, 7) is 2.16. The van der Waals surface area contributed by atoms with E-state index in [0.29, 0.717) is 37.0 Å². The Morgan fingerprint density at radius 2 is 1.86 bits per heavy atom. The quantitative estimate of drug-likeness (QED) is 0.750. The van der Waals surface area contributed by atoms with E-state index in [1.807, 2.05) is 0 Å². The monoisotopic (exact) mass is 389 g/mol. The molecule has 1 aromatic carbocycles. The van der Waals surface area contributed by atoms with Crippen LogP contribution in [-0.2, 0) is 4.79 Å². The number of hydrogen-bond acceptors (Lipinski definition) is 2. The Balaban J connectivity index is 1.38. The summed E-state index contributed by atoms with van der Waals surface area (Å²) in [5, 5.41) is 5.86. The number of hydrogen-bond donors (Lipinski definition) is 2. The van der Waals surface area contributed by atoms with Gasteiger partial charge in [0.05, 0.1) is 0 Å². The standard InChI is InChI=1S/C22H32FN3O2/c23-19-9-4-10-20(14-19)25-22(28)26-13-5-8-18(16-26)11-12-21(27)24-15-17-6-2-1-3-7-17/h4,9-10,14,17-18H,1-3,5-8,11-13,15-16H2,(H,24,27)(H,25,28)/t18-/m1/s1. The number of halogens is 1. The fourth-order valence-electron chi connectivity index (χ4n) is 4.33. The van der Waals surface area contributed by atoms with Crippen LogP contribution in [0.4, 0.5) is 14.9 Å². The first-order chi connectivity index (χ1) is 13.6. The van der Waals surface area contributed by atoms with E-state index in [1.54, 1.807) is 17.0 Å². The normalized spacial score (nSPS) is 20.6. The van der Waals surface area contributed by atoms with Gasteiger partial charge in [-0.05, 0) is 62.1 Å². The highest BCUT2D eigenvalue weighted by Crippen LogP contribution is 2.24. The molecule has 1 heterocycles. The van der Waals surface area contributed by atoms with Crippen molar-refractivity contribution in [2.24, 2.45) is 11.8 Å². The van der Waals surface area contributed by atoms with Gasteiger partial charge in [-0.1, -0.05) is 25.3 Å². The molecule has 1 saturated heterocycles. The molecular weight excluding hydrogens is 357 g/mol. The summed E-state index contributed by atoms with van der Waals surface area (Å²) >= 11 is 0. The average Bonchev–Trinajstić information content (AvgIpc) is 2.72. The molecule has 5 nitrogen and oxygen atoms in total. The molecule has 1 aromatic rings. The number of nitrogens with zero attached hydrogens (tertiary/aromatic N) is 1. The Bertz CT molecular complexity index is 661. The van der Waals surface area contributed by atoms with E-state index in [-0.39, 0.29) is 17.8 Å². The summed E-state index contributed by atoms with van der Waals surface area (Å²) in [7, 11) is 0. The molecule has 6 heteroatoms. The van der Waals surface area contributed by atoms with Gasteiger partial charge in [-0.3, -0.25) is 4.79 Å². The van der Waals surface area contributed by atoms with E-state index in [1.165, 1.54) is 44.2 Å². The molecule has 3 rings (SSSR count). The zero-order valence-electron chi connectivity index (χ0n) is 16.6. The van der Waals surface area contributed by atoms with Crippen molar-refractivity contribution >= 4 is 17.6 Å². The number of anilines is 1. The molecule has 28 heavy (non-hydrogen) atoms. The molecule has 2 N–H and O–H groups in total. The number of rotatable bonds is 6. The van der Waals surface area contributed by atoms with Gasteiger partial charge in [0.15, 0.2) is 0 Å². The number of amides is 3. The molecule has 2 aliphatic rings. The van der Waals surface area contributed by atoms with Gasteiger partial charge in [0, 0.05) is 31.7 Å². The summed E-state index contributed by atoms with van der Waals surface area (Å²) in [5.74, 6) is 0.752. The Morgan fingerprint density at radius 1 is 1.07 bits per heavy atom. The van der Waals surface area contributed by atoms with Crippen LogP contribution in [0.3, 0.4) is 0 Å². The largest absolute Gasteiger partial charge is 0.356 e. The zero-order chi connectivity index (χ0) is 19.8. The van der Waals surface area contributed by atoms with E-state index in [0.717, 1.165) is 25.8 Å².